The van der Waals surface area contributed by atoms with E-state index in [0.717, 1.165) is 12.1 Å². The normalized spacial score (nSPS) is 11.6. The van der Waals surface area contributed by atoms with E-state index in [9.17, 15) is 13.2 Å². The van der Waals surface area contributed by atoms with E-state index in [2.05, 4.69) is 12.7 Å². The molecule has 1 aromatic carbocycles. The molecule has 0 bridgehead atoms. The molecule has 4 heteroatoms. The molecule has 0 amide bonds. The highest BCUT2D eigenvalue weighted by Crippen LogP contribution is 2.32. The Hall–Kier alpha value is -1.45. The summed E-state index contributed by atoms with van der Waals surface area (Å²) < 4.78 is 42.6. The van der Waals surface area contributed by atoms with E-state index in [-0.39, 0.29) is 11.7 Å². The second kappa shape index (κ2) is 4.60. The zero-order valence-electron chi connectivity index (χ0n) is 9.06. The average molecular weight is 229 g/mol. The number of alkyl halides is 3. The first kappa shape index (κ1) is 12.6. The van der Waals surface area contributed by atoms with Crippen molar-refractivity contribution in [2.75, 3.05) is 0 Å². The number of benzene rings is 1. The lowest BCUT2D eigenvalue weighted by atomic mass is 10.1. The second-order valence-corrected chi connectivity index (χ2v) is 3.55. The smallest absolute Gasteiger partial charge is 0.416 e. The number of halogens is 3. The minimum atomic E-state index is -4.36. The molecule has 0 aliphatic rings. The lowest BCUT2D eigenvalue weighted by Crippen LogP contribution is -2.09. The van der Waals surface area contributed by atoms with Gasteiger partial charge in [0.2, 0.25) is 0 Å². The standard InChI is InChI=1S/C12H12F3O/c1-4-9-7-10(12(13,14)15)5-6-11(9)16-8(2)3/h5-8H,1H2,2-3H3. The van der Waals surface area contributed by atoms with Crippen LogP contribution in [-0.4, -0.2) is 6.10 Å². The van der Waals surface area contributed by atoms with Crippen molar-refractivity contribution >= 4 is 0 Å². The SMILES string of the molecule is C=[C]c1cc(C(F)(F)F)ccc1OC(C)C. The highest BCUT2D eigenvalue weighted by atomic mass is 19.4. The van der Waals surface area contributed by atoms with Crippen molar-refractivity contribution in [1.82, 2.24) is 0 Å². The van der Waals surface area contributed by atoms with Crippen molar-refractivity contribution in [2.45, 2.75) is 26.1 Å². The molecule has 1 radical (unpaired) electrons. The van der Waals surface area contributed by atoms with E-state index in [0.29, 0.717) is 5.75 Å². The van der Waals surface area contributed by atoms with Crippen LogP contribution >= 0.6 is 0 Å². The Morgan fingerprint density at radius 1 is 1.31 bits per heavy atom. The Bertz CT molecular complexity index is 380. The highest BCUT2D eigenvalue weighted by Gasteiger charge is 2.30. The largest absolute Gasteiger partial charge is 0.490 e. The highest BCUT2D eigenvalue weighted by molar-refractivity contribution is 5.41. The van der Waals surface area contributed by atoms with Gasteiger partial charge in [0.25, 0.3) is 0 Å². The lowest BCUT2D eigenvalue weighted by Gasteiger charge is -2.14. The second-order valence-electron chi connectivity index (χ2n) is 3.55. The quantitative estimate of drug-likeness (QED) is 0.765. The summed E-state index contributed by atoms with van der Waals surface area (Å²) >= 11 is 0. The summed E-state index contributed by atoms with van der Waals surface area (Å²) in [5.74, 6) is 0.359. The molecule has 1 aromatic rings. The Kier molecular flexibility index (Phi) is 3.62. The van der Waals surface area contributed by atoms with Crippen LogP contribution in [0.2, 0.25) is 0 Å². The molecular weight excluding hydrogens is 217 g/mol. The predicted molar refractivity (Wildman–Crippen MR) is 55.2 cm³/mol. The maximum absolute atomic E-state index is 12.4. The molecule has 0 atom stereocenters. The van der Waals surface area contributed by atoms with E-state index < -0.39 is 11.7 Å². The van der Waals surface area contributed by atoms with Crippen LogP contribution in [0.5, 0.6) is 5.75 Å². The first-order valence-electron chi connectivity index (χ1n) is 4.75. The van der Waals surface area contributed by atoms with Crippen LogP contribution in [0.25, 0.3) is 0 Å². The molecule has 0 unspecified atom stereocenters. The number of rotatable bonds is 3. The van der Waals surface area contributed by atoms with Crippen LogP contribution in [0.1, 0.15) is 25.0 Å². The van der Waals surface area contributed by atoms with Gasteiger partial charge >= 0.3 is 6.18 Å². The Labute approximate surface area is 92.5 Å². The third-order valence-electron chi connectivity index (χ3n) is 1.86. The Morgan fingerprint density at radius 3 is 2.38 bits per heavy atom. The van der Waals surface area contributed by atoms with Gasteiger partial charge in [-0.3, -0.25) is 0 Å². The van der Waals surface area contributed by atoms with E-state index >= 15 is 0 Å². The van der Waals surface area contributed by atoms with Gasteiger partial charge in [0.1, 0.15) is 5.75 Å². The van der Waals surface area contributed by atoms with E-state index in [1.54, 1.807) is 13.8 Å². The molecule has 0 aliphatic heterocycles. The van der Waals surface area contributed by atoms with Crippen LogP contribution in [-0.2, 0) is 6.18 Å². The fourth-order valence-electron chi connectivity index (χ4n) is 1.20. The molecule has 0 spiro atoms. The molecule has 87 valence electrons. The molecule has 1 rings (SSSR count). The third-order valence-corrected chi connectivity index (χ3v) is 1.86. The third kappa shape index (κ3) is 3.02. The zero-order chi connectivity index (χ0) is 12.3. The molecule has 0 N–H and O–H groups in total. The van der Waals surface area contributed by atoms with Crippen LogP contribution < -0.4 is 4.74 Å². The molecule has 0 fully saturated rings. The van der Waals surface area contributed by atoms with Crippen molar-refractivity contribution in [3.05, 3.63) is 42.0 Å². The summed E-state index contributed by atoms with van der Waals surface area (Å²) in [7, 11) is 0. The van der Waals surface area contributed by atoms with Crippen molar-refractivity contribution in [2.24, 2.45) is 0 Å². The summed E-state index contributed by atoms with van der Waals surface area (Å²) in [5, 5.41) is 0. The minimum Gasteiger partial charge on any atom is -0.490 e. The van der Waals surface area contributed by atoms with Gasteiger partial charge in [0.15, 0.2) is 0 Å². The predicted octanol–water partition coefficient (Wildman–Crippen LogP) is 3.83. The summed E-state index contributed by atoms with van der Waals surface area (Å²) in [5.41, 5.74) is -0.502. The summed E-state index contributed by atoms with van der Waals surface area (Å²) in [6, 6.07) is 3.25. The van der Waals surface area contributed by atoms with Gasteiger partial charge in [-0.15, -0.1) is 0 Å². The molecule has 0 heterocycles. The first-order chi connectivity index (χ1) is 7.34. The van der Waals surface area contributed by atoms with Gasteiger partial charge in [0, 0.05) is 5.56 Å². The molecular formula is C12H12F3O. The van der Waals surface area contributed by atoms with Crippen molar-refractivity contribution in [3.8, 4) is 5.75 Å². The van der Waals surface area contributed by atoms with Crippen LogP contribution in [0.3, 0.4) is 0 Å². The van der Waals surface area contributed by atoms with Crippen molar-refractivity contribution in [3.63, 3.8) is 0 Å². The number of ether oxygens (including phenoxy) is 1. The maximum Gasteiger partial charge on any atom is 0.416 e. The zero-order valence-corrected chi connectivity index (χ0v) is 9.06. The fourth-order valence-corrected chi connectivity index (χ4v) is 1.20. The van der Waals surface area contributed by atoms with Gasteiger partial charge in [-0.25, -0.2) is 0 Å². The van der Waals surface area contributed by atoms with E-state index in [4.69, 9.17) is 4.74 Å². The lowest BCUT2D eigenvalue weighted by molar-refractivity contribution is -0.137. The van der Waals surface area contributed by atoms with Crippen LogP contribution in [0.15, 0.2) is 24.8 Å². The number of hydrogen-bond donors (Lipinski definition) is 0. The molecule has 0 aliphatic carbocycles. The topological polar surface area (TPSA) is 9.23 Å². The van der Waals surface area contributed by atoms with Crippen LogP contribution in [0.4, 0.5) is 13.2 Å². The van der Waals surface area contributed by atoms with E-state index in [1.807, 2.05) is 0 Å². The minimum absolute atomic E-state index is 0.108. The molecule has 0 saturated heterocycles. The number of hydrogen-bond acceptors (Lipinski definition) is 1. The Morgan fingerprint density at radius 2 is 1.94 bits per heavy atom. The van der Waals surface area contributed by atoms with Crippen molar-refractivity contribution < 1.29 is 17.9 Å². The van der Waals surface area contributed by atoms with Crippen LogP contribution in [0, 0.1) is 6.08 Å². The van der Waals surface area contributed by atoms with Crippen molar-refractivity contribution in [1.29, 1.82) is 0 Å². The molecule has 0 saturated carbocycles. The molecule has 16 heavy (non-hydrogen) atoms. The summed E-state index contributed by atoms with van der Waals surface area (Å²) in [6.07, 6.45) is -2.03. The molecule has 1 nitrogen and oxygen atoms in total. The van der Waals surface area contributed by atoms with Gasteiger partial charge < -0.3 is 4.74 Å². The van der Waals surface area contributed by atoms with Gasteiger partial charge in [-0.1, -0.05) is 6.58 Å². The fraction of sp³-hybridized carbons (Fsp3) is 0.333. The first-order valence-corrected chi connectivity index (χ1v) is 4.75. The Balaban J connectivity index is 3.12. The molecule has 0 aromatic heterocycles. The maximum atomic E-state index is 12.4. The monoisotopic (exact) mass is 229 g/mol. The van der Waals surface area contributed by atoms with Gasteiger partial charge in [-0.2, -0.15) is 13.2 Å². The van der Waals surface area contributed by atoms with Gasteiger partial charge in [0.05, 0.1) is 11.7 Å². The average Bonchev–Trinajstić information content (AvgIpc) is 2.15. The van der Waals surface area contributed by atoms with Gasteiger partial charge in [-0.05, 0) is 38.1 Å². The summed E-state index contributed by atoms with van der Waals surface area (Å²) in [4.78, 5) is 0. The summed E-state index contributed by atoms with van der Waals surface area (Å²) in [6.45, 7) is 6.94. The van der Waals surface area contributed by atoms with E-state index in [1.165, 1.54) is 6.07 Å².